The number of hydrogen-bond acceptors (Lipinski definition) is 7. The van der Waals surface area contributed by atoms with Gasteiger partial charge in [0.1, 0.15) is 5.75 Å². The van der Waals surface area contributed by atoms with Gasteiger partial charge in [-0.3, -0.25) is 14.9 Å². The van der Waals surface area contributed by atoms with E-state index in [9.17, 15) is 19.7 Å². The molecular weight excluding hydrogens is 388 g/mol. The van der Waals surface area contributed by atoms with E-state index in [1.807, 2.05) is 0 Å². The molecule has 0 aliphatic heterocycles. The van der Waals surface area contributed by atoms with Gasteiger partial charge in [0, 0.05) is 23.4 Å². The summed E-state index contributed by atoms with van der Waals surface area (Å²) in [6.45, 7) is 0. The highest BCUT2D eigenvalue weighted by atomic mass is 16.6. The highest BCUT2D eigenvalue weighted by Crippen LogP contribution is 2.16. The smallest absolute Gasteiger partial charge is 0.343 e. The summed E-state index contributed by atoms with van der Waals surface area (Å²) in [5, 5.41) is 14.6. The van der Waals surface area contributed by atoms with Crippen LogP contribution in [0.3, 0.4) is 0 Å². The minimum absolute atomic E-state index is 0.120. The van der Waals surface area contributed by atoms with Crippen molar-refractivity contribution in [1.29, 1.82) is 0 Å². The van der Waals surface area contributed by atoms with Gasteiger partial charge < -0.3 is 10.5 Å². The predicted octanol–water partition coefficient (Wildman–Crippen LogP) is 3.16. The van der Waals surface area contributed by atoms with E-state index in [4.69, 9.17) is 10.5 Å². The number of ether oxygens (including phenoxy) is 1. The molecule has 3 aromatic rings. The largest absolute Gasteiger partial charge is 0.423 e. The summed E-state index contributed by atoms with van der Waals surface area (Å²) in [6, 6.07) is 18.0. The van der Waals surface area contributed by atoms with Gasteiger partial charge in [0.25, 0.3) is 11.6 Å². The van der Waals surface area contributed by atoms with Crippen molar-refractivity contribution in [3.8, 4) is 5.75 Å². The Morgan fingerprint density at radius 3 is 2.33 bits per heavy atom. The maximum Gasteiger partial charge on any atom is 0.343 e. The molecule has 0 aliphatic rings. The minimum atomic E-state index is -0.657. The number of benzene rings is 3. The Morgan fingerprint density at radius 1 is 1.00 bits per heavy atom. The van der Waals surface area contributed by atoms with Crippen LogP contribution >= 0.6 is 0 Å². The van der Waals surface area contributed by atoms with E-state index in [-0.39, 0.29) is 17.0 Å². The zero-order chi connectivity index (χ0) is 21.5. The number of esters is 1. The summed E-state index contributed by atoms with van der Waals surface area (Å²) in [7, 11) is 0. The predicted molar refractivity (Wildman–Crippen MR) is 110 cm³/mol. The zero-order valence-electron chi connectivity index (χ0n) is 15.5. The number of hydrazone groups is 1. The quantitative estimate of drug-likeness (QED) is 0.162. The van der Waals surface area contributed by atoms with Crippen LogP contribution in [0, 0.1) is 10.1 Å². The molecule has 30 heavy (non-hydrogen) atoms. The number of nitro groups is 1. The Morgan fingerprint density at radius 2 is 1.67 bits per heavy atom. The van der Waals surface area contributed by atoms with Gasteiger partial charge in [-0.25, -0.2) is 10.2 Å². The molecule has 0 bridgehead atoms. The van der Waals surface area contributed by atoms with Gasteiger partial charge in [-0.05, 0) is 54.1 Å². The van der Waals surface area contributed by atoms with E-state index in [1.165, 1.54) is 30.5 Å². The molecule has 0 heterocycles. The summed E-state index contributed by atoms with van der Waals surface area (Å²) in [4.78, 5) is 34.3. The summed E-state index contributed by atoms with van der Waals surface area (Å²) in [6.07, 6.45) is 1.40. The monoisotopic (exact) mass is 404 g/mol. The first kappa shape index (κ1) is 20.2. The van der Waals surface area contributed by atoms with E-state index >= 15 is 0 Å². The number of carbonyl (C=O) groups excluding carboxylic acids is 2. The van der Waals surface area contributed by atoms with Crippen molar-refractivity contribution in [2.24, 2.45) is 5.10 Å². The van der Waals surface area contributed by atoms with Crippen LogP contribution in [-0.4, -0.2) is 23.0 Å². The molecule has 0 spiro atoms. The molecule has 0 radical (unpaired) electrons. The molecule has 0 atom stereocenters. The molecule has 0 unspecified atom stereocenters. The molecule has 150 valence electrons. The molecule has 0 aliphatic carbocycles. The molecule has 9 heteroatoms. The molecule has 9 nitrogen and oxygen atoms in total. The number of nitrogens with one attached hydrogen (secondary N) is 1. The Balaban J connectivity index is 1.61. The second-order valence-electron chi connectivity index (χ2n) is 6.09. The summed E-state index contributed by atoms with van der Waals surface area (Å²) in [5.41, 5.74) is 9.58. The maximum atomic E-state index is 12.2. The molecule has 0 aromatic heterocycles. The fourth-order valence-electron chi connectivity index (χ4n) is 2.41. The lowest BCUT2D eigenvalue weighted by Gasteiger charge is -2.05. The lowest BCUT2D eigenvalue weighted by molar-refractivity contribution is -0.384. The Bertz CT molecular complexity index is 1110. The lowest BCUT2D eigenvalue weighted by atomic mass is 10.2. The van der Waals surface area contributed by atoms with Crippen LogP contribution in [-0.2, 0) is 0 Å². The number of rotatable bonds is 6. The Kier molecular flexibility index (Phi) is 6.14. The summed E-state index contributed by atoms with van der Waals surface area (Å²) in [5.74, 6) is -0.796. The Labute approximate surface area is 170 Å². The number of amides is 1. The molecular formula is C21H16N4O5. The molecule has 3 rings (SSSR count). The van der Waals surface area contributed by atoms with E-state index in [0.717, 1.165) is 0 Å². The third-order valence-corrected chi connectivity index (χ3v) is 3.94. The number of nitrogens with two attached hydrogens (primary N) is 1. The van der Waals surface area contributed by atoms with E-state index < -0.39 is 16.8 Å². The van der Waals surface area contributed by atoms with Crippen LogP contribution in [0.15, 0.2) is 77.9 Å². The lowest BCUT2D eigenvalue weighted by Crippen LogP contribution is -2.17. The third kappa shape index (κ3) is 5.26. The average Bonchev–Trinajstić information content (AvgIpc) is 2.74. The molecule has 0 fully saturated rings. The van der Waals surface area contributed by atoms with Gasteiger partial charge >= 0.3 is 5.97 Å². The highest BCUT2D eigenvalue weighted by Gasteiger charge is 2.11. The normalized spacial score (nSPS) is 10.5. The van der Waals surface area contributed by atoms with Gasteiger partial charge in [-0.1, -0.05) is 12.1 Å². The maximum absolute atomic E-state index is 12.2. The average molecular weight is 404 g/mol. The van der Waals surface area contributed by atoms with E-state index in [0.29, 0.717) is 16.8 Å². The number of carbonyl (C=O) groups is 2. The first-order valence-electron chi connectivity index (χ1n) is 8.68. The van der Waals surface area contributed by atoms with Gasteiger partial charge in [-0.2, -0.15) is 5.10 Å². The van der Waals surface area contributed by atoms with E-state index in [1.54, 1.807) is 48.5 Å². The molecule has 3 aromatic carbocycles. The minimum Gasteiger partial charge on any atom is -0.423 e. The fraction of sp³-hybridized carbons (Fsp3) is 0. The van der Waals surface area contributed by atoms with Crippen LogP contribution in [0.4, 0.5) is 11.4 Å². The Hall–Kier alpha value is -4.53. The number of hydrogen-bond donors (Lipinski definition) is 2. The molecule has 0 saturated carbocycles. The highest BCUT2D eigenvalue weighted by molar-refractivity contribution is 5.95. The van der Waals surface area contributed by atoms with Crippen molar-refractivity contribution in [3.05, 3.63) is 99.6 Å². The topological polar surface area (TPSA) is 137 Å². The second-order valence-corrected chi connectivity index (χ2v) is 6.09. The van der Waals surface area contributed by atoms with Gasteiger partial charge in [0.15, 0.2) is 0 Å². The van der Waals surface area contributed by atoms with Crippen LogP contribution in [0.2, 0.25) is 0 Å². The van der Waals surface area contributed by atoms with Crippen molar-refractivity contribution < 1.29 is 19.2 Å². The van der Waals surface area contributed by atoms with Crippen molar-refractivity contribution in [1.82, 2.24) is 5.43 Å². The number of non-ortho nitro benzene ring substituents is 1. The van der Waals surface area contributed by atoms with Crippen molar-refractivity contribution in [2.75, 3.05) is 5.73 Å². The van der Waals surface area contributed by atoms with E-state index in [2.05, 4.69) is 10.5 Å². The SMILES string of the molecule is Nc1ccc(C(=O)N/N=C/c2cccc(OC(=O)c3ccc([N+](=O)[O-])cc3)c2)cc1. The molecule has 1 amide bonds. The summed E-state index contributed by atoms with van der Waals surface area (Å²) >= 11 is 0. The zero-order valence-corrected chi connectivity index (χ0v) is 15.5. The van der Waals surface area contributed by atoms with Crippen LogP contribution < -0.4 is 15.9 Å². The fourth-order valence-corrected chi connectivity index (χ4v) is 2.41. The molecule has 3 N–H and O–H groups in total. The van der Waals surface area contributed by atoms with Gasteiger partial charge in [0.05, 0.1) is 16.7 Å². The van der Waals surface area contributed by atoms with Crippen molar-refractivity contribution in [3.63, 3.8) is 0 Å². The van der Waals surface area contributed by atoms with Crippen LogP contribution in [0.5, 0.6) is 5.75 Å². The summed E-state index contributed by atoms with van der Waals surface area (Å²) < 4.78 is 5.28. The van der Waals surface area contributed by atoms with Crippen LogP contribution in [0.25, 0.3) is 0 Å². The number of nitro benzene ring substituents is 1. The van der Waals surface area contributed by atoms with Gasteiger partial charge in [-0.15, -0.1) is 0 Å². The van der Waals surface area contributed by atoms with Gasteiger partial charge in [0.2, 0.25) is 0 Å². The van der Waals surface area contributed by atoms with Crippen molar-refractivity contribution in [2.45, 2.75) is 0 Å². The first-order chi connectivity index (χ1) is 14.4. The third-order valence-electron chi connectivity index (χ3n) is 3.94. The number of nitrogens with zero attached hydrogens (tertiary/aromatic N) is 2. The second kappa shape index (κ2) is 9.11. The van der Waals surface area contributed by atoms with Crippen LogP contribution in [0.1, 0.15) is 26.3 Å². The molecule has 0 saturated heterocycles. The number of anilines is 1. The van der Waals surface area contributed by atoms with Crippen molar-refractivity contribution >= 4 is 29.5 Å². The standard InChI is InChI=1S/C21H16N4O5/c22-17-8-4-15(5-9-17)20(26)24-23-13-14-2-1-3-19(12-14)30-21(27)16-6-10-18(11-7-16)25(28)29/h1-13H,22H2,(H,24,26)/b23-13+. The number of nitrogen functional groups attached to an aromatic ring is 1. The first-order valence-corrected chi connectivity index (χ1v) is 8.68.